The van der Waals surface area contributed by atoms with Gasteiger partial charge < -0.3 is 10.1 Å². The van der Waals surface area contributed by atoms with Crippen molar-refractivity contribution in [3.8, 4) is 0 Å². The summed E-state index contributed by atoms with van der Waals surface area (Å²) in [5, 5.41) is 2.84. The molecule has 0 spiro atoms. The quantitative estimate of drug-likeness (QED) is 0.660. The molecular formula is C9H15NO2. The molecule has 2 aliphatic rings. The summed E-state index contributed by atoms with van der Waals surface area (Å²) in [6, 6.07) is 0. The minimum Gasteiger partial charge on any atom is -0.364 e. The molecule has 1 unspecified atom stereocenters. The smallest absolute Gasteiger partial charge is 0.246 e. The highest BCUT2D eigenvalue weighted by atomic mass is 16.5. The number of carbonyl (C=O) groups is 1. The van der Waals surface area contributed by atoms with Gasteiger partial charge >= 0.3 is 0 Å². The number of amides is 1. The van der Waals surface area contributed by atoms with Gasteiger partial charge in [-0.1, -0.05) is 12.8 Å². The van der Waals surface area contributed by atoms with Crippen molar-refractivity contribution in [3.63, 3.8) is 0 Å². The summed E-state index contributed by atoms with van der Waals surface area (Å²) >= 11 is 0. The van der Waals surface area contributed by atoms with Crippen molar-refractivity contribution in [2.45, 2.75) is 31.8 Å². The molecule has 0 aromatic rings. The summed E-state index contributed by atoms with van der Waals surface area (Å²) in [5.74, 6) is 0.869. The number of hydrogen-bond donors (Lipinski definition) is 1. The fourth-order valence-electron chi connectivity index (χ4n) is 1.69. The van der Waals surface area contributed by atoms with Gasteiger partial charge in [-0.25, -0.2) is 0 Å². The van der Waals surface area contributed by atoms with Crippen LogP contribution in [0.4, 0.5) is 0 Å². The van der Waals surface area contributed by atoms with Gasteiger partial charge in [0, 0.05) is 6.54 Å². The van der Waals surface area contributed by atoms with Gasteiger partial charge in [0.2, 0.25) is 5.91 Å². The fourth-order valence-corrected chi connectivity index (χ4v) is 1.69. The maximum atomic E-state index is 10.8. The van der Waals surface area contributed by atoms with Crippen molar-refractivity contribution in [1.29, 1.82) is 0 Å². The molecular weight excluding hydrogens is 154 g/mol. The Hall–Kier alpha value is -0.570. The van der Waals surface area contributed by atoms with Crippen LogP contribution in [-0.2, 0) is 9.53 Å². The van der Waals surface area contributed by atoms with Gasteiger partial charge in [-0.2, -0.15) is 0 Å². The van der Waals surface area contributed by atoms with E-state index in [0.717, 1.165) is 12.3 Å². The third kappa shape index (κ3) is 1.78. The number of rotatable bonds is 2. The SMILES string of the molecule is CC1(CC2CC2)CNC(=O)CO1. The Labute approximate surface area is 72.5 Å². The molecule has 1 atom stereocenters. The zero-order chi connectivity index (χ0) is 8.60. The zero-order valence-electron chi connectivity index (χ0n) is 7.43. The van der Waals surface area contributed by atoms with Gasteiger partial charge in [0.1, 0.15) is 6.61 Å². The average Bonchev–Trinajstić information content (AvgIpc) is 2.80. The fraction of sp³-hybridized carbons (Fsp3) is 0.889. The number of carbonyl (C=O) groups excluding carboxylic acids is 1. The van der Waals surface area contributed by atoms with Gasteiger partial charge in [0.25, 0.3) is 0 Å². The Kier molecular flexibility index (Phi) is 1.83. The third-order valence-electron chi connectivity index (χ3n) is 2.63. The molecule has 0 aromatic carbocycles. The van der Waals surface area contributed by atoms with E-state index in [0.29, 0.717) is 6.54 Å². The van der Waals surface area contributed by atoms with Gasteiger partial charge in [-0.05, 0) is 19.3 Å². The van der Waals surface area contributed by atoms with Crippen LogP contribution >= 0.6 is 0 Å². The number of nitrogens with one attached hydrogen (secondary N) is 1. The highest BCUT2D eigenvalue weighted by molar-refractivity contribution is 5.77. The number of ether oxygens (including phenoxy) is 1. The second kappa shape index (κ2) is 2.73. The van der Waals surface area contributed by atoms with E-state index in [2.05, 4.69) is 12.2 Å². The van der Waals surface area contributed by atoms with Crippen molar-refractivity contribution >= 4 is 5.91 Å². The second-order valence-electron chi connectivity index (χ2n) is 4.16. The maximum absolute atomic E-state index is 10.8. The molecule has 0 radical (unpaired) electrons. The van der Waals surface area contributed by atoms with Crippen LogP contribution in [0.15, 0.2) is 0 Å². The van der Waals surface area contributed by atoms with Gasteiger partial charge in [0.05, 0.1) is 5.60 Å². The van der Waals surface area contributed by atoms with Crippen molar-refractivity contribution in [2.24, 2.45) is 5.92 Å². The Morgan fingerprint density at radius 2 is 2.42 bits per heavy atom. The van der Waals surface area contributed by atoms with Crippen LogP contribution in [0.3, 0.4) is 0 Å². The van der Waals surface area contributed by atoms with Gasteiger partial charge in [0.15, 0.2) is 0 Å². The lowest BCUT2D eigenvalue weighted by atomic mass is 9.97. The molecule has 1 N–H and O–H groups in total. The van der Waals surface area contributed by atoms with Crippen molar-refractivity contribution in [3.05, 3.63) is 0 Å². The molecule has 3 heteroatoms. The molecule has 1 saturated carbocycles. The summed E-state index contributed by atoms with van der Waals surface area (Å²) in [6.07, 6.45) is 3.78. The van der Waals surface area contributed by atoms with E-state index in [1.54, 1.807) is 0 Å². The van der Waals surface area contributed by atoms with E-state index >= 15 is 0 Å². The molecule has 68 valence electrons. The Morgan fingerprint density at radius 3 is 2.92 bits per heavy atom. The van der Waals surface area contributed by atoms with Crippen LogP contribution in [0.25, 0.3) is 0 Å². The predicted octanol–water partition coefficient (Wildman–Crippen LogP) is 0.692. The zero-order valence-corrected chi connectivity index (χ0v) is 7.43. The van der Waals surface area contributed by atoms with Crippen molar-refractivity contribution in [1.82, 2.24) is 5.32 Å². The minimum atomic E-state index is -0.0882. The van der Waals surface area contributed by atoms with Crippen LogP contribution in [0.5, 0.6) is 0 Å². The minimum absolute atomic E-state index is 0.0169. The van der Waals surface area contributed by atoms with Crippen LogP contribution in [-0.4, -0.2) is 24.7 Å². The maximum Gasteiger partial charge on any atom is 0.246 e. The molecule has 3 nitrogen and oxygen atoms in total. The first kappa shape index (κ1) is 8.05. The van der Waals surface area contributed by atoms with Crippen LogP contribution in [0.1, 0.15) is 26.2 Å². The third-order valence-corrected chi connectivity index (χ3v) is 2.63. The molecule has 1 heterocycles. The molecule has 1 amide bonds. The highest BCUT2D eigenvalue weighted by Crippen LogP contribution is 2.38. The average molecular weight is 169 g/mol. The Balaban J connectivity index is 1.87. The van der Waals surface area contributed by atoms with E-state index in [1.165, 1.54) is 12.8 Å². The molecule has 1 aliphatic heterocycles. The molecule has 2 rings (SSSR count). The first-order chi connectivity index (χ1) is 5.68. The van der Waals surface area contributed by atoms with E-state index in [1.807, 2.05) is 0 Å². The lowest BCUT2D eigenvalue weighted by Gasteiger charge is -2.33. The normalized spacial score (nSPS) is 36.2. The lowest BCUT2D eigenvalue weighted by molar-refractivity contribution is -0.142. The summed E-state index contributed by atoms with van der Waals surface area (Å²) in [5.41, 5.74) is -0.0882. The molecule has 0 aromatic heterocycles. The monoisotopic (exact) mass is 169 g/mol. The Bertz CT molecular complexity index is 189. The topological polar surface area (TPSA) is 38.3 Å². The van der Waals surface area contributed by atoms with E-state index in [4.69, 9.17) is 4.74 Å². The summed E-state index contributed by atoms with van der Waals surface area (Å²) in [7, 11) is 0. The van der Waals surface area contributed by atoms with Crippen LogP contribution in [0.2, 0.25) is 0 Å². The number of hydrogen-bond acceptors (Lipinski definition) is 2. The first-order valence-electron chi connectivity index (χ1n) is 4.59. The molecule has 1 aliphatic carbocycles. The largest absolute Gasteiger partial charge is 0.364 e. The molecule has 2 fully saturated rings. The van der Waals surface area contributed by atoms with E-state index < -0.39 is 0 Å². The lowest BCUT2D eigenvalue weighted by Crippen LogP contribution is -2.50. The molecule has 1 saturated heterocycles. The second-order valence-corrected chi connectivity index (χ2v) is 4.16. The van der Waals surface area contributed by atoms with Crippen LogP contribution in [0, 0.1) is 5.92 Å². The van der Waals surface area contributed by atoms with Crippen molar-refractivity contribution in [2.75, 3.05) is 13.2 Å². The predicted molar refractivity (Wildman–Crippen MR) is 44.7 cm³/mol. The van der Waals surface area contributed by atoms with E-state index in [-0.39, 0.29) is 18.1 Å². The van der Waals surface area contributed by atoms with Crippen LogP contribution < -0.4 is 5.32 Å². The number of morpholine rings is 1. The molecule has 0 bridgehead atoms. The van der Waals surface area contributed by atoms with Crippen molar-refractivity contribution < 1.29 is 9.53 Å². The highest BCUT2D eigenvalue weighted by Gasteiger charge is 2.36. The summed E-state index contributed by atoms with van der Waals surface area (Å²) < 4.78 is 5.52. The standard InChI is InChI=1S/C9H15NO2/c1-9(4-7-2-3-7)6-10-8(11)5-12-9/h7H,2-6H2,1H3,(H,10,11). The molecule has 12 heavy (non-hydrogen) atoms. The summed E-state index contributed by atoms with van der Waals surface area (Å²) in [4.78, 5) is 10.8. The Morgan fingerprint density at radius 1 is 1.67 bits per heavy atom. The van der Waals surface area contributed by atoms with Gasteiger partial charge in [-0.3, -0.25) is 4.79 Å². The van der Waals surface area contributed by atoms with Gasteiger partial charge in [-0.15, -0.1) is 0 Å². The van der Waals surface area contributed by atoms with E-state index in [9.17, 15) is 4.79 Å². The first-order valence-corrected chi connectivity index (χ1v) is 4.59. The summed E-state index contributed by atoms with van der Waals surface area (Å²) in [6.45, 7) is 3.01.